The van der Waals surface area contributed by atoms with Crippen LogP contribution in [-0.2, 0) is 11.2 Å². The first-order valence-corrected chi connectivity index (χ1v) is 10.9. The summed E-state index contributed by atoms with van der Waals surface area (Å²) in [5, 5.41) is 3.03. The lowest BCUT2D eigenvalue weighted by Gasteiger charge is -2.32. The molecular formula is C26H27N3O3. The number of rotatable bonds is 7. The highest BCUT2D eigenvalue weighted by Crippen LogP contribution is 2.22. The number of benzene rings is 2. The summed E-state index contributed by atoms with van der Waals surface area (Å²) in [5.74, 6) is 0.584. The van der Waals surface area contributed by atoms with Crippen molar-refractivity contribution in [3.05, 3.63) is 95.8 Å². The molecule has 0 atom stereocenters. The van der Waals surface area contributed by atoms with Crippen LogP contribution in [0.1, 0.15) is 34.3 Å². The molecule has 3 aromatic rings. The molecule has 0 unspecified atom stereocenters. The highest BCUT2D eigenvalue weighted by Gasteiger charge is 2.24. The Kier molecular flexibility index (Phi) is 7.12. The molecule has 4 rings (SSSR count). The Morgan fingerprint density at radius 2 is 1.72 bits per heavy atom. The minimum absolute atomic E-state index is 0.0124. The Hall–Kier alpha value is -3.67. The number of amides is 2. The molecule has 32 heavy (non-hydrogen) atoms. The summed E-state index contributed by atoms with van der Waals surface area (Å²) in [4.78, 5) is 30.8. The third-order valence-electron chi connectivity index (χ3n) is 5.67. The van der Waals surface area contributed by atoms with Crippen LogP contribution >= 0.6 is 0 Å². The third-order valence-corrected chi connectivity index (χ3v) is 5.67. The Morgan fingerprint density at radius 3 is 2.47 bits per heavy atom. The molecule has 0 saturated carbocycles. The number of hydrogen-bond acceptors (Lipinski definition) is 4. The van der Waals surface area contributed by atoms with Crippen LogP contribution in [0.25, 0.3) is 0 Å². The van der Waals surface area contributed by atoms with Crippen molar-refractivity contribution in [1.82, 2.24) is 15.2 Å². The zero-order chi connectivity index (χ0) is 22.2. The minimum Gasteiger partial charge on any atom is -0.483 e. The normalized spacial score (nSPS) is 14.1. The van der Waals surface area contributed by atoms with Gasteiger partial charge >= 0.3 is 0 Å². The first kappa shape index (κ1) is 21.6. The summed E-state index contributed by atoms with van der Waals surface area (Å²) in [6.07, 6.45) is 5.40. The third kappa shape index (κ3) is 5.72. The van der Waals surface area contributed by atoms with Crippen LogP contribution in [0.4, 0.5) is 0 Å². The quantitative estimate of drug-likeness (QED) is 0.624. The summed E-state index contributed by atoms with van der Waals surface area (Å²) in [6.45, 7) is 1.22. The second-order valence-corrected chi connectivity index (χ2v) is 7.93. The number of pyridine rings is 1. The summed E-state index contributed by atoms with van der Waals surface area (Å²) >= 11 is 0. The van der Waals surface area contributed by atoms with Gasteiger partial charge in [0.15, 0.2) is 6.61 Å². The van der Waals surface area contributed by atoms with Crippen LogP contribution in [0.2, 0.25) is 0 Å². The lowest BCUT2D eigenvalue weighted by molar-refractivity contribution is -0.134. The number of likely N-dealkylation sites (tertiary alicyclic amines) is 1. The maximum atomic E-state index is 12.7. The van der Waals surface area contributed by atoms with E-state index in [0.717, 1.165) is 30.6 Å². The van der Waals surface area contributed by atoms with Gasteiger partial charge in [0.1, 0.15) is 5.75 Å². The molecule has 1 aliphatic heterocycles. The fourth-order valence-electron chi connectivity index (χ4n) is 3.88. The van der Waals surface area contributed by atoms with Gasteiger partial charge in [-0.1, -0.05) is 48.5 Å². The number of ether oxygens (including phenoxy) is 1. The maximum Gasteiger partial charge on any atom is 0.260 e. The van der Waals surface area contributed by atoms with Crippen molar-refractivity contribution < 1.29 is 14.3 Å². The molecule has 0 bridgehead atoms. The molecule has 6 nitrogen and oxygen atoms in total. The van der Waals surface area contributed by atoms with E-state index in [1.54, 1.807) is 24.5 Å². The van der Waals surface area contributed by atoms with Crippen LogP contribution in [0.15, 0.2) is 79.1 Å². The molecule has 6 heteroatoms. The van der Waals surface area contributed by atoms with Gasteiger partial charge in [0, 0.05) is 37.9 Å². The SMILES string of the molecule is O=C(NC1CCN(C(=O)COc2ccccc2Cc2ccccc2)CC1)c1cccnc1. The minimum atomic E-state index is -0.124. The lowest BCUT2D eigenvalue weighted by atomic mass is 10.0. The van der Waals surface area contributed by atoms with E-state index in [2.05, 4.69) is 22.4 Å². The highest BCUT2D eigenvalue weighted by molar-refractivity contribution is 5.94. The Balaban J connectivity index is 1.26. The highest BCUT2D eigenvalue weighted by atomic mass is 16.5. The molecular weight excluding hydrogens is 402 g/mol. The topological polar surface area (TPSA) is 71.5 Å². The predicted molar refractivity (Wildman–Crippen MR) is 122 cm³/mol. The largest absolute Gasteiger partial charge is 0.483 e. The first-order chi connectivity index (χ1) is 15.7. The number of piperidine rings is 1. The second-order valence-electron chi connectivity index (χ2n) is 7.93. The smallest absolute Gasteiger partial charge is 0.260 e. The molecule has 1 saturated heterocycles. The van der Waals surface area contributed by atoms with Gasteiger partial charge in [-0.05, 0) is 42.2 Å². The van der Waals surface area contributed by atoms with E-state index < -0.39 is 0 Å². The number of nitrogens with zero attached hydrogens (tertiary/aromatic N) is 2. The molecule has 2 heterocycles. The molecule has 0 aliphatic carbocycles. The average Bonchev–Trinajstić information content (AvgIpc) is 2.85. The second kappa shape index (κ2) is 10.6. The number of carbonyl (C=O) groups is 2. The van der Waals surface area contributed by atoms with E-state index in [0.29, 0.717) is 18.7 Å². The molecule has 0 radical (unpaired) electrons. The van der Waals surface area contributed by atoms with Gasteiger partial charge in [-0.2, -0.15) is 0 Å². The lowest BCUT2D eigenvalue weighted by Crippen LogP contribution is -2.47. The van der Waals surface area contributed by atoms with E-state index in [1.165, 1.54) is 5.56 Å². The van der Waals surface area contributed by atoms with E-state index in [9.17, 15) is 9.59 Å². The van der Waals surface area contributed by atoms with E-state index in [-0.39, 0.29) is 24.5 Å². The monoisotopic (exact) mass is 429 g/mol. The Labute approximate surface area is 188 Å². The average molecular weight is 430 g/mol. The standard InChI is InChI=1S/C26H27N3O3/c30-25(19-32-24-11-5-4-9-21(24)17-20-7-2-1-3-8-20)29-15-12-23(13-16-29)28-26(31)22-10-6-14-27-18-22/h1-11,14,18,23H,12-13,15-17,19H2,(H,28,31). The predicted octanol–water partition coefficient (Wildman–Crippen LogP) is 3.47. The van der Waals surface area contributed by atoms with Crippen molar-refractivity contribution in [3.8, 4) is 5.75 Å². The summed E-state index contributed by atoms with van der Waals surface area (Å²) in [5.41, 5.74) is 2.81. The van der Waals surface area contributed by atoms with Crippen LogP contribution in [0.5, 0.6) is 5.75 Å². The summed E-state index contributed by atoms with van der Waals surface area (Å²) < 4.78 is 5.91. The van der Waals surface area contributed by atoms with Gasteiger partial charge in [0.25, 0.3) is 11.8 Å². The van der Waals surface area contributed by atoms with Gasteiger partial charge in [0.2, 0.25) is 0 Å². The zero-order valence-corrected chi connectivity index (χ0v) is 17.9. The molecule has 2 amide bonds. The Morgan fingerprint density at radius 1 is 0.969 bits per heavy atom. The van der Waals surface area contributed by atoms with Crippen LogP contribution in [0.3, 0.4) is 0 Å². The molecule has 0 spiro atoms. The summed E-state index contributed by atoms with van der Waals surface area (Å²) in [6, 6.07) is 21.6. The van der Waals surface area contributed by atoms with Crippen LogP contribution in [-0.4, -0.2) is 47.4 Å². The number of para-hydroxylation sites is 1. The number of nitrogens with one attached hydrogen (secondary N) is 1. The molecule has 1 N–H and O–H groups in total. The van der Waals surface area contributed by atoms with Gasteiger partial charge in [0.05, 0.1) is 5.56 Å². The molecule has 164 valence electrons. The maximum absolute atomic E-state index is 12.7. The van der Waals surface area contributed by atoms with Crippen molar-refractivity contribution in [2.45, 2.75) is 25.3 Å². The van der Waals surface area contributed by atoms with Gasteiger partial charge in [-0.25, -0.2) is 0 Å². The van der Waals surface area contributed by atoms with Crippen LogP contribution < -0.4 is 10.1 Å². The van der Waals surface area contributed by atoms with Crippen LogP contribution in [0, 0.1) is 0 Å². The van der Waals surface area contributed by atoms with Crippen molar-refractivity contribution in [3.63, 3.8) is 0 Å². The number of hydrogen-bond donors (Lipinski definition) is 1. The zero-order valence-electron chi connectivity index (χ0n) is 17.9. The van der Waals surface area contributed by atoms with E-state index >= 15 is 0 Å². The fourth-order valence-corrected chi connectivity index (χ4v) is 3.88. The van der Waals surface area contributed by atoms with Gasteiger partial charge < -0.3 is 15.0 Å². The van der Waals surface area contributed by atoms with Gasteiger partial charge in [-0.3, -0.25) is 14.6 Å². The number of carbonyl (C=O) groups excluding carboxylic acids is 2. The molecule has 1 aromatic heterocycles. The first-order valence-electron chi connectivity index (χ1n) is 10.9. The Bertz CT molecular complexity index is 1030. The van der Waals surface area contributed by atoms with Crippen molar-refractivity contribution in [2.24, 2.45) is 0 Å². The van der Waals surface area contributed by atoms with Crippen molar-refractivity contribution in [2.75, 3.05) is 19.7 Å². The number of aromatic nitrogens is 1. The fraction of sp³-hybridized carbons (Fsp3) is 0.269. The van der Waals surface area contributed by atoms with Gasteiger partial charge in [-0.15, -0.1) is 0 Å². The van der Waals surface area contributed by atoms with Crippen molar-refractivity contribution in [1.29, 1.82) is 0 Å². The van der Waals surface area contributed by atoms with Crippen molar-refractivity contribution >= 4 is 11.8 Å². The summed E-state index contributed by atoms with van der Waals surface area (Å²) in [7, 11) is 0. The van der Waals surface area contributed by atoms with E-state index in [1.807, 2.05) is 47.4 Å². The molecule has 2 aromatic carbocycles. The molecule has 1 aliphatic rings. The molecule has 1 fully saturated rings. The van der Waals surface area contributed by atoms with E-state index in [4.69, 9.17) is 4.74 Å².